The van der Waals surface area contributed by atoms with Crippen molar-refractivity contribution >= 4 is 29.3 Å². The third-order valence-electron chi connectivity index (χ3n) is 2.20. The maximum atomic E-state index is 10.5. The third-order valence-corrected chi connectivity index (χ3v) is 3.14. The molecule has 104 valence electrons. The smallest absolute Gasteiger partial charge is 0.321 e. The van der Waals surface area contributed by atoms with Gasteiger partial charge in [0.15, 0.2) is 0 Å². The molecule has 4 N–H and O–H groups in total. The Bertz CT molecular complexity index is 430. The number of nitrogens with one attached hydrogen (secondary N) is 2. The molecular formula is C12H16N2O4S. The Labute approximate surface area is 115 Å². The third kappa shape index (κ3) is 6.12. The minimum absolute atomic E-state index is 0.115. The van der Waals surface area contributed by atoms with E-state index in [1.54, 1.807) is 23.9 Å². The first-order chi connectivity index (χ1) is 8.99. The number of rotatable bonds is 2. The molecule has 1 aliphatic rings. The molecule has 2 rings (SSSR count). The molecule has 0 radical (unpaired) electrons. The SMILES string of the molecule is CC(=O)Nc1ccc(O)cc1.O=C(O)C1CSCN1. The summed E-state index contributed by atoms with van der Waals surface area (Å²) in [5, 5.41) is 22.6. The topological polar surface area (TPSA) is 98.7 Å². The van der Waals surface area contributed by atoms with Crippen molar-refractivity contribution in [2.45, 2.75) is 13.0 Å². The van der Waals surface area contributed by atoms with Crippen molar-refractivity contribution in [2.75, 3.05) is 16.9 Å². The molecule has 1 saturated heterocycles. The largest absolute Gasteiger partial charge is 0.508 e. The van der Waals surface area contributed by atoms with Gasteiger partial charge in [0.2, 0.25) is 5.91 Å². The van der Waals surface area contributed by atoms with Crippen LogP contribution < -0.4 is 10.6 Å². The Kier molecular flexibility index (Phi) is 6.17. The van der Waals surface area contributed by atoms with E-state index >= 15 is 0 Å². The van der Waals surface area contributed by atoms with Crippen LogP contribution in [0.5, 0.6) is 5.75 Å². The molecule has 0 saturated carbocycles. The lowest BCUT2D eigenvalue weighted by Gasteiger charge is -1.99. The van der Waals surface area contributed by atoms with Crippen LogP contribution in [0.3, 0.4) is 0 Å². The fourth-order valence-corrected chi connectivity index (χ4v) is 2.23. The Hall–Kier alpha value is -1.73. The average molecular weight is 284 g/mol. The number of carbonyl (C=O) groups is 2. The highest BCUT2D eigenvalue weighted by molar-refractivity contribution is 7.99. The number of aliphatic carboxylic acids is 1. The summed E-state index contributed by atoms with van der Waals surface area (Å²) in [5.74, 6) is 0.816. The highest BCUT2D eigenvalue weighted by Gasteiger charge is 2.20. The van der Waals surface area contributed by atoms with Gasteiger partial charge in [0, 0.05) is 24.2 Å². The van der Waals surface area contributed by atoms with Gasteiger partial charge >= 0.3 is 5.97 Å². The summed E-state index contributed by atoms with van der Waals surface area (Å²) in [6, 6.07) is 6.00. The van der Waals surface area contributed by atoms with E-state index in [-0.39, 0.29) is 17.7 Å². The predicted molar refractivity (Wildman–Crippen MR) is 74.3 cm³/mol. The number of hydrogen-bond donors (Lipinski definition) is 4. The van der Waals surface area contributed by atoms with Crippen LogP contribution in [-0.4, -0.2) is 39.8 Å². The van der Waals surface area contributed by atoms with Crippen LogP contribution in [-0.2, 0) is 9.59 Å². The Morgan fingerprint density at radius 1 is 1.37 bits per heavy atom. The van der Waals surface area contributed by atoms with Crippen molar-refractivity contribution in [3.63, 3.8) is 0 Å². The summed E-state index contributed by atoms with van der Waals surface area (Å²) >= 11 is 1.62. The van der Waals surface area contributed by atoms with Crippen LogP contribution >= 0.6 is 11.8 Å². The number of hydrogen-bond acceptors (Lipinski definition) is 5. The van der Waals surface area contributed by atoms with Gasteiger partial charge < -0.3 is 15.5 Å². The van der Waals surface area contributed by atoms with Crippen molar-refractivity contribution in [2.24, 2.45) is 0 Å². The van der Waals surface area contributed by atoms with Gasteiger partial charge in [-0.15, -0.1) is 11.8 Å². The van der Waals surface area contributed by atoms with Crippen molar-refractivity contribution < 1.29 is 19.8 Å². The minimum Gasteiger partial charge on any atom is -0.508 e. The number of phenols is 1. The minimum atomic E-state index is -0.741. The van der Waals surface area contributed by atoms with Gasteiger partial charge in [-0.05, 0) is 24.3 Å². The molecular weight excluding hydrogens is 268 g/mol. The summed E-state index contributed by atoms with van der Waals surface area (Å²) in [6.45, 7) is 1.44. The molecule has 6 nitrogen and oxygen atoms in total. The zero-order valence-electron chi connectivity index (χ0n) is 10.4. The van der Waals surface area contributed by atoms with E-state index in [1.165, 1.54) is 19.1 Å². The predicted octanol–water partition coefficient (Wildman–Crippen LogP) is 1.08. The van der Waals surface area contributed by atoms with E-state index in [1.807, 2.05) is 0 Å². The Morgan fingerprint density at radius 3 is 2.37 bits per heavy atom. The molecule has 1 unspecified atom stereocenters. The molecule has 0 aromatic heterocycles. The lowest BCUT2D eigenvalue weighted by atomic mass is 10.3. The molecule has 0 bridgehead atoms. The number of carboxylic acid groups (broad SMARTS) is 1. The molecule has 1 aromatic carbocycles. The maximum Gasteiger partial charge on any atom is 0.321 e. The number of phenolic OH excluding ortho intramolecular Hbond substituents is 1. The molecule has 1 aromatic rings. The molecule has 1 amide bonds. The van der Waals surface area contributed by atoms with Gasteiger partial charge in [-0.25, -0.2) is 0 Å². The van der Waals surface area contributed by atoms with Gasteiger partial charge in [-0.2, -0.15) is 0 Å². The van der Waals surface area contributed by atoms with E-state index in [0.29, 0.717) is 11.4 Å². The number of aromatic hydroxyl groups is 1. The fourth-order valence-electron chi connectivity index (χ4n) is 1.30. The number of anilines is 1. The van der Waals surface area contributed by atoms with Crippen molar-refractivity contribution in [1.82, 2.24) is 5.32 Å². The number of amides is 1. The number of carbonyl (C=O) groups excluding carboxylic acids is 1. The van der Waals surface area contributed by atoms with Crippen LogP contribution in [0.15, 0.2) is 24.3 Å². The quantitative estimate of drug-likeness (QED) is 0.607. The highest BCUT2D eigenvalue weighted by Crippen LogP contribution is 2.13. The molecule has 0 aliphatic carbocycles. The second-order valence-corrected chi connectivity index (χ2v) is 4.87. The van der Waals surface area contributed by atoms with Crippen molar-refractivity contribution in [1.29, 1.82) is 0 Å². The fraction of sp³-hybridized carbons (Fsp3) is 0.333. The summed E-state index contributed by atoms with van der Waals surface area (Å²) in [7, 11) is 0. The standard InChI is InChI=1S/C8H9NO2.C4H7NO2S/c1-6(10)9-7-2-4-8(11)5-3-7;6-4(7)3-1-8-2-5-3/h2-5,11H,1H3,(H,9,10);3,5H,1-2H2,(H,6,7). The zero-order valence-corrected chi connectivity index (χ0v) is 11.2. The summed E-state index contributed by atoms with van der Waals surface area (Å²) in [4.78, 5) is 20.7. The first-order valence-corrected chi connectivity index (χ1v) is 6.75. The molecule has 1 heterocycles. The Balaban J connectivity index is 0.000000200. The number of thioether (sulfide) groups is 1. The number of benzene rings is 1. The number of carboxylic acids is 1. The van der Waals surface area contributed by atoms with Gasteiger partial charge in [0.25, 0.3) is 0 Å². The Morgan fingerprint density at radius 2 is 2.00 bits per heavy atom. The van der Waals surface area contributed by atoms with E-state index in [9.17, 15) is 9.59 Å². The maximum absolute atomic E-state index is 10.5. The monoisotopic (exact) mass is 284 g/mol. The second-order valence-electron chi connectivity index (χ2n) is 3.84. The van der Waals surface area contributed by atoms with Crippen molar-refractivity contribution in [3.8, 4) is 5.75 Å². The van der Waals surface area contributed by atoms with Crippen LogP contribution in [0.4, 0.5) is 5.69 Å². The van der Waals surface area contributed by atoms with E-state index < -0.39 is 5.97 Å². The lowest BCUT2D eigenvalue weighted by Crippen LogP contribution is -2.32. The summed E-state index contributed by atoms with van der Waals surface area (Å²) < 4.78 is 0. The molecule has 7 heteroatoms. The van der Waals surface area contributed by atoms with Gasteiger partial charge in [0.05, 0.1) is 0 Å². The van der Waals surface area contributed by atoms with Crippen LogP contribution in [0, 0.1) is 0 Å². The highest BCUT2D eigenvalue weighted by atomic mass is 32.2. The second kappa shape index (κ2) is 7.65. The van der Waals surface area contributed by atoms with Crippen LogP contribution in [0.2, 0.25) is 0 Å². The normalized spacial score (nSPS) is 17.2. The summed E-state index contributed by atoms with van der Waals surface area (Å²) in [5.41, 5.74) is 0.690. The van der Waals surface area contributed by atoms with E-state index in [4.69, 9.17) is 10.2 Å². The van der Waals surface area contributed by atoms with Crippen LogP contribution in [0.1, 0.15) is 6.92 Å². The first-order valence-electron chi connectivity index (χ1n) is 5.59. The van der Waals surface area contributed by atoms with E-state index in [0.717, 1.165) is 5.88 Å². The molecule has 19 heavy (non-hydrogen) atoms. The molecule has 1 atom stereocenters. The summed E-state index contributed by atoms with van der Waals surface area (Å²) in [6.07, 6.45) is 0. The molecule has 1 fully saturated rings. The lowest BCUT2D eigenvalue weighted by molar-refractivity contribution is -0.138. The molecule has 1 aliphatic heterocycles. The zero-order chi connectivity index (χ0) is 14.3. The van der Waals surface area contributed by atoms with Crippen molar-refractivity contribution in [3.05, 3.63) is 24.3 Å². The molecule has 0 spiro atoms. The van der Waals surface area contributed by atoms with Crippen LogP contribution in [0.25, 0.3) is 0 Å². The van der Waals surface area contributed by atoms with E-state index in [2.05, 4.69) is 10.6 Å². The van der Waals surface area contributed by atoms with Gasteiger partial charge in [-0.3, -0.25) is 14.9 Å². The van der Waals surface area contributed by atoms with Gasteiger partial charge in [-0.1, -0.05) is 0 Å². The average Bonchev–Trinajstić information content (AvgIpc) is 2.86. The van der Waals surface area contributed by atoms with Gasteiger partial charge in [0.1, 0.15) is 11.8 Å². The first kappa shape index (κ1) is 15.3.